The van der Waals surface area contributed by atoms with Crippen molar-refractivity contribution < 1.29 is 9.47 Å². The summed E-state index contributed by atoms with van der Waals surface area (Å²) in [5.41, 5.74) is 1.15. The fourth-order valence-corrected chi connectivity index (χ4v) is 2.05. The Balaban J connectivity index is 1.62. The normalized spacial score (nSPS) is 12.7. The summed E-state index contributed by atoms with van der Waals surface area (Å²) in [6.07, 6.45) is 3.08. The summed E-state index contributed by atoms with van der Waals surface area (Å²) in [5, 5.41) is 7.74. The van der Waals surface area contributed by atoms with Gasteiger partial charge in [-0.15, -0.1) is 0 Å². The third-order valence-corrected chi connectivity index (χ3v) is 3.00. The van der Waals surface area contributed by atoms with Gasteiger partial charge < -0.3 is 14.8 Å². The van der Waals surface area contributed by atoms with Crippen LogP contribution in [0.1, 0.15) is 18.9 Å². The second-order valence-electron chi connectivity index (χ2n) is 4.51. The van der Waals surface area contributed by atoms with E-state index in [0.717, 1.165) is 42.4 Å². The maximum Gasteiger partial charge on any atom is 0.231 e. The monoisotopic (exact) mass is 259 g/mol. The standard InChI is InChI=1S/C14H17N3O2/c1-2-6-17-7-5-14(16-17)15-9-11-3-4-12-13(8-11)19-10-18-12/h3-5,7-8H,2,6,9-10H2,1H3,(H,15,16). The van der Waals surface area contributed by atoms with E-state index < -0.39 is 0 Å². The minimum absolute atomic E-state index is 0.313. The van der Waals surface area contributed by atoms with Crippen molar-refractivity contribution in [3.05, 3.63) is 36.0 Å². The van der Waals surface area contributed by atoms with E-state index in [4.69, 9.17) is 9.47 Å². The third-order valence-electron chi connectivity index (χ3n) is 3.00. The van der Waals surface area contributed by atoms with Gasteiger partial charge in [0, 0.05) is 25.4 Å². The molecule has 0 saturated carbocycles. The predicted octanol–water partition coefficient (Wildman–Crippen LogP) is 2.63. The first kappa shape index (κ1) is 11.9. The fourth-order valence-electron chi connectivity index (χ4n) is 2.05. The van der Waals surface area contributed by atoms with E-state index in [1.54, 1.807) is 0 Å². The van der Waals surface area contributed by atoms with Gasteiger partial charge in [0.2, 0.25) is 6.79 Å². The lowest BCUT2D eigenvalue weighted by Crippen LogP contribution is -2.02. The molecule has 0 spiro atoms. The van der Waals surface area contributed by atoms with Crippen molar-refractivity contribution in [2.45, 2.75) is 26.4 Å². The van der Waals surface area contributed by atoms with E-state index in [-0.39, 0.29) is 0 Å². The molecule has 0 unspecified atom stereocenters. The van der Waals surface area contributed by atoms with Crippen LogP contribution in [0.25, 0.3) is 0 Å². The van der Waals surface area contributed by atoms with Crippen molar-refractivity contribution in [2.75, 3.05) is 12.1 Å². The smallest absolute Gasteiger partial charge is 0.231 e. The third kappa shape index (κ3) is 2.65. The molecule has 5 nitrogen and oxygen atoms in total. The lowest BCUT2D eigenvalue weighted by molar-refractivity contribution is 0.174. The number of rotatable bonds is 5. The highest BCUT2D eigenvalue weighted by molar-refractivity contribution is 5.45. The van der Waals surface area contributed by atoms with Crippen molar-refractivity contribution in [3.63, 3.8) is 0 Å². The minimum Gasteiger partial charge on any atom is -0.454 e. The Kier molecular flexibility index (Phi) is 3.27. The average molecular weight is 259 g/mol. The first-order valence-corrected chi connectivity index (χ1v) is 6.51. The van der Waals surface area contributed by atoms with Crippen LogP contribution in [0.3, 0.4) is 0 Å². The van der Waals surface area contributed by atoms with Gasteiger partial charge in [0.1, 0.15) is 5.82 Å². The molecule has 0 radical (unpaired) electrons. The van der Waals surface area contributed by atoms with Crippen LogP contribution in [0, 0.1) is 0 Å². The SMILES string of the molecule is CCCn1ccc(NCc2ccc3c(c2)OCO3)n1. The van der Waals surface area contributed by atoms with E-state index in [1.165, 1.54) is 0 Å². The molecule has 100 valence electrons. The van der Waals surface area contributed by atoms with E-state index >= 15 is 0 Å². The highest BCUT2D eigenvalue weighted by atomic mass is 16.7. The number of aromatic nitrogens is 2. The summed E-state index contributed by atoms with van der Waals surface area (Å²) in [7, 11) is 0. The second-order valence-corrected chi connectivity index (χ2v) is 4.51. The molecule has 0 bridgehead atoms. The van der Waals surface area contributed by atoms with Crippen LogP contribution in [-0.4, -0.2) is 16.6 Å². The van der Waals surface area contributed by atoms with Crippen LogP contribution in [0.15, 0.2) is 30.5 Å². The topological polar surface area (TPSA) is 48.3 Å². The van der Waals surface area contributed by atoms with E-state index in [1.807, 2.05) is 35.1 Å². The van der Waals surface area contributed by atoms with E-state index in [0.29, 0.717) is 6.79 Å². The van der Waals surface area contributed by atoms with E-state index in [2.05, 4.69) is 17.3 Å². The largest absolute Gasteiger partial charge is 0.454 e. The molecule has 0 atom stereocenters. The zero-order valence-electron chi connectivity index (χ0n) is 10.9. The predicted molar refractivity (Wildman–Crippen MR) is 72.4 cm³/mol. The summed E-state index contributed by atoms with van der Waals surface area (Å²) < 4.78 is 12.6. The van der Waals surface area contributed by atoms with Crippen molar-refractivity contribution in [1.29, 1.82) is 0 Å². The Labute approximate surface area is 112 Å². The van der Waals surface area contributed by atoms with Crippen LogP contribution in [-0.2, 0) is 13.1 Å². The fraction of sp³-hybridized carbons (Fsp3) is 0.357. The summed E-state index contributed by atoms with van der Waals surface area (Å²) in [4.78, 5) is 0. The van der Waals surface area contributed by atoms with Gasteiger partial charge >= 0.3 is 0 Å². The number of hydrogen-bond acceptors (Lipinski definition) is 4. The highest BCUT2D eigenvalue weighted by Gasteiger charge is 2.12. The summed E-state index contributed by atoms with van der Waals surface area (Å²) >= 11 is 0. The Morgan fingerprint density at radius 3 is 3.05 bits per heavy atom. The van der Waals surface area contributed by atoms with Gasteiger partial charge in [0.05, 0.1) is 0 Å². The van der Waals surface area contributed by atoms with Gasteiger partial charge in [-0.05, 0) is 24.1 Å². The lowest BCUT2D eigenvalue weighted by atomic mass is 10.2. The zero-order valence-corrected chi connectivity index (χ0v) is 10.9. The van der Waals surface area contributed by atoms with E-state index in [9.17, 15) is 0 Å². The van der Waals surface area contributed by atoms with Gasteiger partial charge in [-0.2, -0.15) is 5.10 Å². The molecule has 0 fully saturated rings. The van der Waals surface area contributed by atoms with Gasteiger partial charge in [-0.25, -0.2) is 0 Å². The first-order valence-electron chi connectivity index (χ1n) is 6.51. The Bertz CT molecular complexity index is 566. The Hall–Kier alpha value is -2.17. The van der Waals surface area contributed by atoms with Crippen LogP contribution >= 0.6 is 0 Å². The lowest BCUT2D eigenvalue weighted by Gasteiger charge is -2.04. The van der Waals surface area contributed by atoms with Gasteiger partial charge in [-0.1, -0.05) is 13.0 Å². The molecular weight excluding hydrogens is 242 g/mol. The quantitative estimate of drug-likeness (QED) is 0.896. The number of anilines is 1. The molecule has 0 aliphatic carbocycles. The van der Waals surface area contributed by atoms with Crippen molar-refractivity contribution in [3.8, 4) is 11.5 Å². The Morgan fingerprint density at radius 2 is 2.16 bits per heavy atom. The number of hydrogen-bond donors (Lipinski definition) is 1. The van der Waals surface area contributed by atoms with Crippen LogP contribution in [0.4, 0.5) is 5.82 Å². The minimum atomic E-state index is 0.313. The highest BCUT2D eigenvalue weighted by Crippen LogP contribution is 2.32. The molecule has 0 saturated heterocycles. The number of fused-ring (bicyclic) bond motifs is 1. The summed E-state index contributed by atoms with van der Waals surface area (Å²) in [5.74, 6) is 2.53. The number of nitrogens with zero attached hydrogens (tertiary/aromatic N) is 2. The first-order chi connectivity index (χ1) is 9.35. The maximum atomic E-state index is 5.36. The molecule has 19 heavy (non-hydrogen) atoms. The molecular formula is C14H17N3O2. The number of aryl methyl sites for hydroxylation is 1. The van der Waals surface area contributed by atoms with Crippen molar-refractivity contribution in [1.82, 2.24) is 9.78 Å². The molecule has 1 aromatic carbocycles. The van der Waals surface area contributed by atoms with Crippen molar-refractivity contribution >= 4 is 5.82 Å². The van der Waals surface area contributed by atoms with Gasteiger partial charge in [0.25, 0.3) is 0 Å². The van der Waals surface area contributed by atoms with Crippen LogP contribution in [0.5, 0.6) is 11.5 Å². The maximum absolute atomic E-state index is 5.36. The molecule has 0 amide bonds. The molecule has 1 aliphatic rings. The average Bonchev–Trinajstić information content (AvgIpc) is 3.04. The zero-order chi connectivity index (χ0) is 13.1. The van der Waals surface area contributed by atoms with Gasteiger partial charge in [0.15, 0.2) is 11.5 Å². The molecule has 1 aliphatic heterocycles. The summed E-state index contributed by atoms with van der Waals surface area (Å²) in [6.45, 7) is 4.13. The number of nitrogens with one attached hydrogen (secondary N) is 1. The molecule has 5 heteroatoms. The number of benzene rings is 1. The molecule has 1 N–H and O–H groups in total. The van der Waals surface area contributed by atoms with Crippen LogP contribution < -0.4 is 14.8 Å². The van der Waals surface area contributed by atoms with Crippen LogP contribution in [0.2, 0.25) is 0 Å². The molecule has 3 rings (SSSR count). The molecule has 2 aromatic rings. The second kappa shape index (κ2) is 5.22. The van der Waals surface area contributed by atoms with Gasteiger partial charge in [-0.3, -0.25) is 4.68 Å². The molecule has 2 heterocycles. The summed E-state index contributed by atoms with van der Waals surface area (Å²) in [6, 6.07) is 7.96. The molecule has 1 aromatic heterocycles. The van der Waals surface area contributed by atoms with Crippen molar-refractivity contribution in [2.24, 2.45) is 0 Å². The Morgan fingerprint density at radius 1 is 1.26 bits per heavy atom. The number of ether oxygens (including phenoxy) is 2.